The number of hydrogen-bond acceptors (Lipinski definition) is 4. The first-order valence-electron chi connectivity index (χ1n) is 11.6. The number of rotatable bonds is 10. The van der Waals surface area contributed by atoms with Gasteiger partial charge in [-0.2, -0.15) is 0 Å². The summed E-state index contributed by atoms with van der Waals surface area (Å²) in [5.74, 6) is 0. The Balaban J connectivity index is 0.00000385. The molecule has 2 N–H and O–H groups in total. The standard InChI is InChI=1S/C28H38N4.2ClH.Rh/c1-20-15-22(3)27(23(4)16-20)30-11-13-32(19-26-9-7-8-10-29-26)14-12-31-28-24(5)17-21(2)18-25(28)6;;;/h7-10,15-18,30-31H,11-14,19H2,1-6H3;2*1H;/q;;;+2/p-2. The first-order valence-corrected chi connectivity index (χ1v) is 11.6. The minimum Gasteiger partial charge on any atom is -1.00 e. The molecular weight excluding hydrogens is 566 g/mol. The topological polar surface area (TPSA) is 40.2 Å². The number of benzene rings is 2. The molecule has 0 aliphatic carbocycles. The molecule has 1 radical (unpaired) electrons. The Morgan fingerprint density at radius 2 is 1.11 bits per heavy atom. The quantitative estimate of drug-likeness (QED) is 0.319. The number of halogens is 2. The van der Waals surface area contributed by atoms with Gasteiger partial charge in [-0.15, -0.1) is 0 Å². The van der Waals surface area contributed by atoms with Crippen LogP contribution >= 0.6 is 0 Å². The Labute approximate surface area is 237 Å². The largest absolute Gasteiger partial charge is 2.00 e. The average Bonchev–Trinajstić information content (AvgIpc) is 2.72. The van der Waals surface area contributed by atoms with Crippen molar-refractivity contribution in [3.8, 4) is 0 Å². The van der Waals surface area contributed by atoms with Crippen LogP contribution in [0.15, 0.2) is 48.7 Å². The van der Waals surface area contributed by atoms with Gasteiger partial charge >= 0.3 is 19.5 Å². The third kappa shape index (κ3) is 10.1. The van der Waals surface area contributed by atoms with Gasteiger partial charge in [0.15, 0.2) is 0 Å². The van der Waals surface area contributed by atoms with E-state index in [1.54, 1.807) is 0 Å². The molecule has 0 aliphatic heterocycles. The van der Waals surface area contributed by atoms with E-state index in [1.807, 2.05) is 12.3 Å². The van der Waals surface area contributed by atoms with E-state index < -0.39 is 0 Å². The van der Waals surface area contributed by atoms with Crippen molar-refractivity contribution >= 4 is 11.4 Å². The summed E-state index contributed by atoms with van der Waals surface area (Å²) in [6.45, 7) is 17.6. The van der Waals surface area contributed by atoms with Gasteiger partial charge in [-0.05, 0) is 75.9 Å². The van der Waals surface area contributed by atoms with Gasteiger partial charge in [-0.25, -0.2) is 0 Å². The number of nitrogens with zero attached hydrogens (tertiary/aromatic N) is 2. The number of nitrogens with one attached hydrogen (secondary N) is 2. The van der Waals surface area contributed by atoms with E-state index >= 15 is 0 Å². The van der Waals surface area contributed by atoms with Crippen molar-refractivity contribution < 1.29 is 44.3 Å². The summed E-state index contributed by atoms with van der Waals surface area (Å²) in [6, 6.07) is 15.1. The van der Waals surface area contributed by atoms with Crippen LogP contribution < -0.4 is 35.4 Å². The number of anilines is 2. The molecule has 3 aromatic rings. The normalized spacial score (nSPS) is 10.1. The molecule has 0 fully saturated rings. The zero-order valence-electron chi connectivity index (χ0n) is 21.6. The monoisotopic (exact) mass is 603 g/mol. The van der Waals surface area contributed by atoms with Crippen LogP contribution in [0.1, 0.15) is 39.1 Å². The van der Waals surface area contributed by atoms with Crippen molar-refractivity contribution in [1.29, 1.82) is 0 Å². The SMILES string of the molecule is Cc1cc(C)c(NCCN(CCNc2c(C)cc(C)cc2C)Cc2ccccn2)c(C)c1.[Cl-].[Cl-].[Rh+2]. The van der Waals surface area contributed by atoms with Crippen molar-refractivity contribution in [2.75, 3.05) is 36.8 Å². The van der Waals surface area contributed by atoms with E-state index in [2.05, 4.69) is 98.5 Å². The Morgan fingerprint density at radius 1 is 0.686 bits per heavy atom. The fourth-order valence-electron chi connectivity index (χ4n) is 4.59. The van der Waals surface area contributed by atoms with E-state index in [9.17, 15) is 0 Å². The summed E-state index contributed by atoms with van der Waals surface area (Å²) >= 11 is 0. The first-order chi connectivity index (χ1) is 15.3. The minimum absolute atomic E-state index is 0. The molecule has 1 aromatic heterocycles. The third-order valence-electron chi connectivity index (χ3n) is 5.93. The maximum atomic E-state index is 4.54. The Kier molecular flexibility index (Phi) is 15.4. The molecule has 0 amide bonds. The van der Waals surface area contributed by atoms with Crippen molar-refractivity contribution in [2.24, 2.45) is 0 Å². The molecule has 35 heavy (non-hydrogen) atoms. The van der Waals surface area contributed by atoms with E-state index in [4.69, 9.17) is 0 Å². The molecule has 0 aliphatic rings. The van der Waals surface area contributed by atoms with Gasteiger partial charge in [0.05, 0.1) is 5.69 Å². The molecule has 1 heterocycles. The fraction of sp³-hybridized carbons (Fsp3) is 0.393. The maximum absolute atomic E-state index is 4.54. The minimum atomic E-state index is 0. The molecule has 0 bridgehead atoms. The van der Waals surface area contributed by atoms with Gasteiger partial charge in [-0.1, -0.05) is 41.5 Å². The van der Waals surface area contributed by atoms with Gasteiger partial charge in [0.1, 0.15) is 0 Å². The van der Waals surface area contributed by atoms with Gasteiger partial charge in [-0.3, -0.25) is 9.88 Å². The molecule has 0 unspecified atom stereocenters. The molecule has 2 aromatic carbocycles. The second-order valence-corrected chi connectivity index (χ2v) is 9.00. The third-order valence-corrected chi connectivity index (χ3v) is 5.93. The Morgan fingerprint density at radius 3 is 1.49 bits per heavy atom. The zero-order chi connectivity index (χ0) is 23.1. The number of aryl methyl sites for hydroxylation is 6. The maximum Gasteiger partial charge on any atom is 2.00 e. The van der Waals surface area contributed by atoms with Gasteiger partial charge in [0.2, 0.25) is 0 Å². The van der Waals surface area contributed by atoms with Crippen LogP contribution in [0, 0.1) is 41.5 Å². The molecule has 4 nitrogen and oxygen atoms in total. The fourth-order valence-corrected chi connectivity index (χ4v) is 4.59. The molecule has 0 atom stereocenters. The summed E-state index contributed by atoms with van der Waals surface area (Å²) in [7, 11) is 0. The van der Waals surface area contributed by atoms with Crippen molar-refractivity contribution in [3.63, 3.8) is 0 Å². The zero-order valence-corrected chi connectivity index (χ0v) is 24.8. The number of pyridine rings is 1. The Bertz CT molecular complexity index is 935. The summed E-state index contributed by atoms with van der Waals surface area (Å²) in [6.07, 6.45) is 1.88. The molecule has 0 saturated carbocycles. The van der Waals surface area contributed by atoms with E-state index in [-0.39, 0.29) is 44.3 Å². The van der Waals surface area contributed by atoms with Crippen LogP contribution in [-0.2, 0) is 26.0 Å². The second kappa shape index (κ2) is 16.2. The van der Waals surface area contributed by atoms with Crippen molar-refractivity contribution in [1.82, 2.24) is 9.88 Å². The summed E-state index contributed by atoms with van der Waals surface area (Å²) in [5.41, 5.74) is 11.5. The van der Waals surface area contributed by atoms with E-state index in [0.717, 1.165) is 38.4 Å². The summed E-state index contributed by atoms with van der Waals surface area (Å²) in [4.78, 5) is 7.02. The molecule has 3 rings (SSSR count). The van der Waals surface area contributed by atoms with E-state index in [0.29, 0.717) is 0 Å². The predicted molar refractivity (Wildman–Crippen MR) is 138 cm³/mol. The molecular formula is C28H38Cl2N4Rh. The number of hydrogen-bond donors (Lipinski definition) is 2. The molecule has 193 valence electrons. The van der Waals surface area contributed by atoms with Crippen molar-refractivity contribution in [3.05, 3.63) is 87.7 Å². The van der Waals surface area contributed by atoms with Crippen LogP contribution in [0.5, 0.6) is 0 Å². The van der Waals surface area contributed by atoms with Crippen LogP contribution in [0.2, 0.25) is 0 Å². The molecule has 7 heteroatoms. The van der Waals surface area contributed by atoms with Gasteiger partial charge < -0.3 is 35.4 Å². The van der Waals surface area contributed by atoms with Crippen LogP contribution in [0.3, 0.4) is 0 Å². The van der Waals surface area contributed by atoms with Gasteiger partial charge in [0.25, 0.3) is 0 Å². The first kappa shape index (κ1) is 33.4. The Hall–Kier alpha value is -1.65. The van der Waals surface area contributed by atoms with E-state index in [1.165, 1.54) is 44.8 Å². The molecule has 0 saturated heterocycles. The molecule has 0 spiro atoms. The van der Waals surface area contributed by atoms with Crippen LogP contribution in [-0.4, -0.2) is 36.1 Å². The van der Waals surface area contributed by atoms with Crippen LogP contribution in [0.25, 0.3) is 0 Å². The summed E-state index contributed by atoms with van der Waals surface area (Å²) in [5, 5.41) is 7.35. The predicted octanol–water partition coefficient (Wildman–Crippen LogP) is -0.0362. The van der Waals surface area contributed by atoms with Gasteiger partial charge in [0, 0.05) is 50.3 Å². The van der Waals surface area contributed by atoms with Crippen LogP contribution in [0.4, 0.5) is 11.4 Å². The smallest absolute Gasteiger partial charge is 1.00 e. The second-order valence-electron chi connectivity index (χ2n) is 9.00. The average molecular weight is 604 g/mol. The van der Waals surface area contributed by atoms with Crippen molar-refractivity contribution in [2.45, 2.75) is 48.1 Å². The number of aromatic nitrogens is 1. The summed E-state index contributed by atoms with van der Waals surface area (Å²) < 4.78 is 0.